The van der Waals surface area contributed by atoms with Crippen LogP contribution in [0.4, 0.5) is 16.2 Å². The number of amides is 3. The summed E-state index contributed by atoms with van der Waals surface area (Å²) in [6.45, 7) is 5.77. The molecule has 29 heavy (non-hydrogen) atoms. The molecule has 0 atom stereocenters. The maximum Gasteiger partial charge on any atom is 0.407 e. The zero-order valence-electron chi connectivity index (χ0n) is 17.3. The van der Waals surface area contributed by atoms with Crippen molar-refractivity contribution in [1.29, 1.82) is 0 Å². The van der Waals surface area contributed by atoms with Gasteiger partial charge in [-0.05, 0) is 32.9 Å². The second kappa shape index (κ2) is 8.72. The number of nitrogens with one attached hydrogen (secondary N) is 3. The van der Waals surface area contributed by atoms with E-state index in [9.17, 15) is 14.4 Å². The van der Waals surface area contributed by atoms with Crippen LogP contribution in [0.5, 0.6) is 0 Å². The van der Waals surface area contributed by atoms with Crippen molar-refractivity contribution in [2.45, 2.75) is 26.4 Å². The van der Waals surface area contributed by atoms with E-state index < -0.39 is 11.7 Å². The average Bonchev–Trinajstić information content (AvgIpc) is 3.11. The summed E-state index contributed by atoms with van der Waals surface area (Å²) < 4.78 is 8.35. The summed E-state index contributed by atoms with van der Waals surface area (Å²) >= 11 is 0. The number of anilines is 2. The van der Waals surface area contributed by atoms with Gasteiger partial charge < -0.3 is 35.6 Å². The first-order chi connectivity index (χ1) is 13.5. The molecule has 0 radical (unpaired) electrons. The Morgan fingerprint density at radius 1 is 0.966 bits per heavy atom. The van der Waals surface area contributed by atoms with Crippen LogP contribution >= 0.6 is 0 Å². The van der Waals surface area contributed by atoms with Crippen molar-refractivity contribution in [2.24, 2.45) is 14.1 Å². The van der Waals surface area contributed by atoms with Crippen molar-refractivity contribution in [1.82, 2.24) is 19.8 Å². The summed E-state index contributed by atoms with van der Waals surface area (Å²) in [4.78, 5) is 36.3. The molecule has 0 bridgehead atoms. The highest BCUT2D eigenvalue weighted by Crippen LogP contribution is 2.16. The number of hydrogen-bond acceptors (Lipinski definition) is 5. The Labute approximate surface area is 169 Å². The van der Waals surface area contributed by atoms with E-state index in [4.69, 9.17) is 10.5 Å². The van der Waals surface area contributed by atoms with Crippen LogP contribution in [-0.4, -0.2) is 45.7 Å². The van der Waals surface area contributed by atoms with Gasteiger partial charge in [-0.15, -0.1) is 0 Å². The van der Waals surface area contributed by atoms with Crippen LogP contribution in [0.15, 0.2) is 24.5 Å². The van der Waals surface area contributed by atoms with Gasteiger partial charge >= 0.3 is 6.09 Å². The molecule has 2 aromatic heterocycles. The fraction of sp³-hybridized carbons (Fsp3) is 0.421. The normalized spacial score (nSPS) is 11.1. The fourth-order valence-corrected chi connectivity index (χ4v) is 2.61. The standard InChI is InChI=1S/C19H28N6O4/c1-19(2,3)29-18(28)22-7-6-21-16(26)15-9-13(11-25(15)5)23-17(27)14-8-12(20)10-24(14)4/h8-11H,6-7,20H2,1-5H3,(H,21,26)(H,22,28)(H,23,27). The molecule has 3 amide bonds. The summed E-state index contributed by atoms with van der Waals surface area (Å²) in [5.74, 6) is -0.662. The number of aryl methyl sites for hydroxylation is 2. The number of carbonyl (C=O) groups is 3. The Balaban J connectivity index is 1.87. The molecule has 2 rings (SSSR count). The summed E-state index contributed by atoms with van der Waals surface area (Å²) in [5.41, 5.74) is 6.86. The van der Waals surface area contributed by atoms with E-state index in [1.807, 2.05) is 0 Å². The third kappa shape index (κ3) is 6.30. The van der Waals surface area contributed by atoms with Crippen molar-refractivity contribution in [3.8, 4) is 0 Å². The number of alkyl carbamates (subject to hydrolysis) is 1. The van der Waals surface area contributed by atoms with Gasteiger partial charge in [0.15, 0.2) is 0 Å². The van der Waals surface area contributed by atoms with E-state index in [2.05, 4.69) is 16.0 Å². The third-order valence-electron chi connectivity index (χ3n) is 3.83. The minimum absolute atomic E-state index is 0.226. The molecule has 5 N–H and O–H groups in total. The molecule has 10 nitrogen and oxygen atoms in total. The number of nitrogens with zero attached hydrogens (tertiary/aromatic N) is 2. The SMILES string of the molecule is Cn1cc(NC(=O)c2cc(N)cn2C)cc1C(=O)NCCNC(=O)OC(C)(C)C. The highest BCUT2D eigenvalue weighted by Gasteiger charge is 2.17. The first-order valence-electron chi connectivity index (χ1n) is 9.11. The quantitative estimate of drug-likeness (QED) is 0.541. The highest BCUT2D eigenvalue weighted by molar-refractivity contribution is 6.04. The van der Waals surface area contributed by atoms with Crippen LogP contribution in [0.2, 0.25) is 0 Å². The maximum absolute atomic E-state index is 12.4. The Hall–Kier alpha value is -3.43. The van der Waals surface area contributed by atoms with E-state index in [1.54, 1.807) is 68.5 Å². The molecule has 0 fully saturated rings. The first-order valence-corrected chi connectivity index (χ1v) is 9.11. The van der Waals surface area contributed by atoms with Crippen molar-refractivity contribution in [3.63, 3.8) is 0 Å². The topological polar surface area (TPSA) is 132 Å². The van der Waals surface area contributed by atoms with Crippen LogP contribution in [0.3, 0.4) is 0 Å². The van der Waals surface area contributed by atoms with E-state index in [0.717, 1.165) is 0 Å². The molecule has 0 saturated heterocycles. The monoisotopic (exact) mass is 404 g/mol. The molecular formula is C19H28N6O4. The zero-order chi connectivity index (χ0) is 21.8. The minimum atomic E-state index is -0.581. The van der Waals surface area contributed by atoms with Crippen LogP contribution in [0, 0.1) is 0 Å². The van der Waals surface area contributed by atoms with Gasteiger partial charge in [0.25, 0.3) is 11.8 Å². The first kappa shape index (κ1) is 21.9. The number of ether oxygens (including phenoxy) is 1. The summed E-state index contributed by atoms with van der Waals surface area (Å²) in [6.07, 6.45) is 2.74. The summed E-state index contributed by atoms with van der Waals surface area (Å²) in [7, 11) is 3.42. The second-order valence-corrected chi connectivity index (χ2v) is 7.63. The Morgan fingerprint density at radius 2 is 1.55 bits per heavy atom. The van der Waals surface area contributed by atoms with Crippen LogP contribution in [0.1, 0.15) is 41.7 Å². The lowest BCUT2D eigenvalue weighted by atomic mass is 10.2. The predicted octanol–water partition coefficient (Wildman–Crippen LogP) is 1.45. The van der Waals surface area contributed by atoms with E-state index in [1.165, 1.54) is 0 Å². The Kier molecular flexibility index (Phi) is 6.57. The molecule has 10 heteroatoms. The van der Waals surface area contributed by atoms with Crippen molar-refractivity contribution < 1.29 is 19.1 Å². The number of aromatic nitrogens is 2. The second-order valence-electron chi connectivity index (χ2n) is 7.63. The number of nitrogens with two attached hydrogens (primary N) is 1. The van der Waals surface area contributed by atoms with E-state index in [0.29, 0.717) is 22.8 Å². The fourth-order valence-electron chi connectivity index (χ4n) is 2.61. The Bertz CT molecular complexity index is 906. The van der Waals surface area contributed by atoms with Crippen molar-refractivity contribution >= 4 is 29.3 Å². The molecule has 2 aromatic rings. The molecule has 0 unspecified atom stereocenters. The largest absolute Gasteiger partial charge is 0.444 e. The molecule has 0 aliphatic carbocycles. The van der Waals surface area contributed by atoms with Gasteiger partial charge in [0.1, 0.15) is 17.0 Å². The van der Waals surface area contributed by atoms with Crippen LogP contribution in [-0.2, 0) is 18.8 Å². The molecule has 0 aliphatic rings. The molecule has 0 saturated carbocycles. The van der Waals surface area contributed by atoms with Crippen molar-refractivity contribution in [3.05, 3.63) is 35.9 Å². The minimum Gasteiger partial charge on any atom is -0.444 e. The zero-order valence-corrected chi connectivity index (χ0v) is 17.3. The summed E-state index contributed by atoms with van der Waals surface area (Å²) in [5, 5.41) is 8.01. The lowest BCUT2D eigenvalue weighted by Crippen LogP contribution is -2.38. The Morgan fingerprint density at radius 3 is 2.14 bits per heavy atom. The van der Waals surface area contributed by atoms with Gasteiger partial charge in [-0.25, -0.2) is 4.79 Å². The van der Waals surface area contributed by atoms with Gasteiger partial charge in [-0.2, -0.15) is 0 Å². The smallest absolute Gasteiger partial charge is 0.407 e. The van der Waals surface area contributed by atoms with Crippen LogP contribution < -0.4 is 21.7 Å². The van der Waals surface area contributed by atoms with Crippen LogP contribution in [0.25, 0.3) is 0 Å². The average molecular weight is 404 g/mol. The number of rotatable bonds is 6. The lowest BCUT2D eigenvalue weighted by Gasteiger charge is -2.19. The molecule has 0 spiro atoms. The molecule has 158 valence electrons. The van der Waals surface area contributed by atoms with Gasteiger partial charge in [0.2, 0.25) is 0 Å². The van der Waals surface area contributed by atoms with Gasteiger partial charge in [0.05, 0.1) is 11.4 Å². The molecule has 0 aromatic carbocycles. The highest BCUT2D eigenvalue weighted by atomic mass is 16.6. The number of hydrogen-bond donors (Lipinski definition) is 4. The van der Waals surface area contributed by atoms with Crippen molar-refractivity contribution in [2.75, 3.05) is 24.1 Å². The predicted molar refractivity (Wildman–Crippen MR) is 110 cm³/mol. The summed E-state index contributed by atoms with van der Waals surface area (Å²) in [6, 6.07) is 3.14. The third-order valence-corrected chi connectivity index (χ3v) is 3.83. The lowest BCUT2D eigenvalue weighted by molar-refractivity contribution is 0.0526. The molecular weight excluding hydrogens is 376 g/mol. The van der Waals surface area contributed by atoms with Gasteiger partial charge in [-0.1, -0.05) is 0 Å². The maximum atomic E-state index is 12.4. The number of nitrogen functional groups attached to an aromatic ring is 1. The van der Waals surface area contributed by atoms with Gasteiger partial charge in [0, 0.05) is 39.6 Å². The van der Waals surface area contributed by atoms with Gasteiger partial charge in [-0.3, -0.25) is 9.59 Å². The van der Waals surface area contributed by atoms with E-state index >= 15 is 0 Å². The molecule has 2 heterocycles. The molecule has 0 aliphatic heterocycles. The number of carbonyl (C=O) groups excluding carboxylic acids is 3. The van der Waals surface area contributed by atoms with E-state index in [-0.39, 0.29) is 24.9 Å².